The fourth-order valence-electron chi connectivity index (χ4n) is 2.13. The third kappa shape index (κ3) is 4.66. The van der Waals surface area contributed by atoms with Crippen LogP contribution in [-0.2, 0) is 0 Å². The monoisotopic (exact) mass is 313 g/mol. The second-order valence-corrected chi connectivity index (χ2v) is 7.36. The minimum atomic E-state index is -0.0669. The quantitative estimate of drug-likeness (QED) is 0.813. The first-order valence-corrected chi connectivity index (χ1v) is 9.32. The molecule has 2 amide bonds. The van der Waals surface area contributed by atoms with Crippen molar-refractivity contribution in [2.75, 3.05) is 18.6 Å². The second kappa shape index (κ2) is 7.31. The van der Waals surface area contributed by atoms with Gasteiger partial charge in [-0.2, -0.15) is 11.8 Å². The molecular weight excluding hydrogens is 290 g/mol. The molecule has 112 valence electrons. The average Bonchev–Trinajstić information content (AvgIpc) is 3.16. The van der Waals surface area contributed by atoms with Crippen molar-refractivity contribution in [3.8, 4) is 0 Å². The van der Waals surface area contributed by atoms with Gasteiger partial charge >= 0.3 is 6.03 Å². The number of carbonyl (C=O) groups is 1. The molecule has 2 N–H and O–H groups in total. The molecule has 0 aliphatic heterocycles. The number of hydrogen-bond acceptors (Lipinski definition) is 4. The Balaban J connectivity index is 1.84. The SMILES string of the molecule is CSC[C@H](C)CNC(=O)N[C@H](c1nc(C)cs1)C1CC1. The van der Waals surface area contributed by atoms with E-state index in [1.807, 2.05) is 24.1 Å². The van der Waals surface area contributed by atoms with E-state index in [9.17, 15) is 4.79 Å². The Kier molecular flexibility index (Phi) is 5.72. The Bertz CT molecular complexity index is 445. The van der Waals surface area contributed by atoms with Crippen molar-refractivity contribution in [3.63, 3.8) is 0 Å². The van der Waals surface area contributed by atoms with Gasteiger partial charge in [0.2, 0.25) is 0 Å². The van der Waals surface area contributed by atoms with Gasteiger partial charge in [0.25, 0.3) is 0 Å². The van der Waals surface area contributed by atoms with Gasteiger partial charge in [-0.3, -0.25) is 0 Å². The molecule has 0 saturated heterocycles. The third-order valence-electron chi connectivity index (χ3n) is 3.35. The number of thiazole rings is 1. The highest BCUT2D eigenvalue weighted by molar-refractivity contribution is 7.98. The van der Waals surface area contributed by atoms with Gasteiger partial charge in [0.1, 0.15) is 5.01 Å². The van der Waals surface area contributed by atoms with Crippen LogP contribution in [0.15, 0.2) is 5.38 Å². The number of urea groups is 1. The number of amides is 2. The number of thioether (sulfide) groups is 1. The van der Waals surface area contributed by atoms with E-state index >= 15 is 0 Å². The molecule has 1 aliphatic carbocycles. The normalized spacial score (nSPS) is 17.6. The second-order valence-electron chi connectivity index (χ2n) is 5.56. The Labute approximate surface area is 129 Å². The summed E-state index contributed by atoms with van der Waals surface area (Å²) in [4.78, 5) is 16.5. The summed E-state index contributed by atoms with van der Waals surface area (Å²) in [5, 5.41) is 9.15. The Morgan fingerprint density at radius 1 is 1.60 bits per heavy atom. The van der Waals surface area contributed by atoms with E-state index in [-0.39, 0.29) is 12.1 Å². The summed E-state index contributed by atoms with van der Waals surface area (Å²) in [5.74, 6) is 2.13. The topological polar surface area (TPSA) is 54.0 Å². The standard InChI is InChI=1S/C14H23N3OS2/c1-9(7-19-3)6-15-14(18)17-12(11-4-5-11)13-16-10(2)8-20-13/h8-9,11-12H,4-7H2,1-3H3,(H2,15,17,18)/t9-,12+/m1/s1. The molecule has 1 fully saturated rings. The van der Waals surface area contributed by atoms with E-state index in [2.05, 4.69) is 28.8 Å². The predicted molar refractivity (Wildman–Crippen MR) is 86.4 cm³/mol. The summed E-state index contributed by atoms with van der Waals surface area (Å²) >= 11 is 3.45. The van der Waals surface area contributed by atoms with Gasteiger partial charge in [0.05, 0.1) is 6.04 Å². The highest BCUT2D eigenvalue weighted by atomic mass is 32.2. The average molecular weight is 313 g/mol. The molecule has 0 radical (unpaired) electrons. The number of aryl methyl sites for hydroxylation is 1. The maximum atomic E-state index is 12.0. The number of nitrogens with one attached hydrogen (secondary N) is 2. The lowest BCUT2D eigenvalue weighted by Crippen LogP contribution is -2.40. The highest BCUT2D eigenvalue weighted by Crippen LogP contribution is 2.41. The fraction of sp³-hybridized carbons (Fsp3) is 0.714. The van der Waals surface area contributed by atoms with Crippen molar-refractivity contribution in [1.29, 1.82) is 0 Å². The maximum absolute atomic E-state index is 12.0. The van der Waals surface area contributed by atoms with Gasteiger partial charge in [-0.05, 0) is 43.6 Å². The number of aromatic nitrogens is 1. The molecule has 0 spiro atoms. The highest BCUT2D eigenvalue weighted by Gasteiger charge is 2.35. The predicted octanol–water partition coefficient (Wildman–Crippen LogP) is 3.20. The van der Waals surface area contributed by atoms with E-state index in [1.165, 1.54) is 12.8 Å². The van der Waals surface area contributed by atoms with E-state index in [1.54, 1.807) is 11.3 Å². The molecule has 1 aromatic rings. The van der Waals surface area contributed by atoms with Gasteiger partial charge in [-0.15, -0.1) is 11.3 Å². The minimum Gasteiger partial charge on any atom is -0.338 e. The first-order chi connectivity index (χ1) is 9.60. The summed E-state index contributed by atoms with van der Waals surface area (Å²) in [6, 6.07) is 0.0206. The molecule has 2 atom stereocenters. The van der Waals surface area contributed by atoms with Crippen molar-refractivity contribution in [2.45, 2.75) is 32.7 Å². The van der Waals surface area contributed by atoms with E-state index < -0.39 is 0 Å². The molecule has 0 bridgehead atoms. The van der Waals surface area contributed by atoms with Gasteiger partial charge in [-0.25, -0.2) is 9.78 Å². The first-order valence-electron chi connectivity index (χ1n) is 7.05. The number of rotatable bonds is 7. The Hall–Kier alpha value is -0.750. The van der Waals surface area contributed by atoms with Gasteiger partial charge in [0, 0.05) is 17.6 Å². The third-order valence-corrected chi connectivity index (χ3v) is 5.29. The van der Waals surface area contributed by atoms with Gasteiger partial charge in [0.15, 0.2) is 0 Å². The van der Waals surface area contributed by atoms with Crippen LogP contribution in [-0.4, -0.2) is 29.6 Å². The van der Waals surface area contributed by atoms with Crippen molar-refractivity contribution < 1.29 is 4.79 Å². The molecule has 1 aliphatic rings. The van der Waals surface area contributed by atoms with Crippen LogP contribution in [0.2, 0.25) is 0 Å². The van der Waals surface area contributed by atoms with Crippen LogP contribution < -0.4 is 10.6 Å². The summed E-state index contributed by atoms with van der Waals surface area (Å²) < 4.78 is 0. The lowest BCUT2D eigenvalue weighted by molar-refractivity contribution is 0.234. The first kappa shape index (κ1) is 15.6. The summed E-state index contributed by atoms with van der Waals surface area (Å²) in [6.07, 6.45) is 4.46. The van der Waals surface area contributed by atoms with E-state index in [0.29, 0.717) is 11.8 Å². The molecule has 20 heavy (non-hydrogen) atoms. The summed E-state index contributed by atoms with van der Waals surface area (Å²) in [7, 11) is 0. The molecule has 1 aromatic heterocycles. The zero-order valence-electron chi connectivity index (χ0n) is 12.3. The summed E-state index contributed by atoms with van der Waals surface area (Å²) in [5.41, 5.74) is 1.03. The summed E-state index contributed by atoms with van der Waals surface area (Å²) in [6.45, 7) is 4.87. The van der Waals surface area contributed by atoms with Crippen LogP contribution in [0, 0.1) is 18.8 Å². The zero-order chi connectivity index (χ0) is 14.5. The Morgan fingerprint density at radius 3 is 2.90 bits per heavy atom. The van der Waals surface area contributed by atoms with E-state index in [4.69, 9.17) is 0 Å². The van der Waals surface area contributed by atoms with Crippen LogP contribution in [0.5, 0.6) is 0 Å². The molecule has 1 heterocycles. The molecule has 4 nitrogen and oxygen atoms in total. The van der Waals surface area contributed by atoms with Crippen molar-refractivity contribution in [1.82, 2.24) is 15.6 Å². The minimum absolute atomic E-state index is 0.0669. The molecule has 6 heteroatoms. The van der Waals surface area contributed by atoms with Crippen LogP contribution in [0.25, 0.3) is 0 Å². The van der Waals surface area contributed by atoms with Crippen LogP contribution in [0.1, 0.15) is 36.5 Å². The largest absolute Gasteiger partial charge is 0.338 e. The lowest BCUT2D eigenvalue weighted by Gasteiger charge is -2.18. The van der Waals surface area contributed by atoms with Crippen LogP contribution in [0.4, 0.5) is 4.79 Å². The zero-order valence-corrected chi connectivity index (χ0v) is 13.9. The van der Waals surface area contributed by atoms with Crippen LogP contribution in [0.3, 0.4) is 0 Å². The maximum Gasteiger partial charge on any atom is 0.315 e. The number of hydrogen-bond donors (Lipinski definition) is 2. The number of nitrogens with zero attached hydrogens (tertiary/aromatic N) is 1. The smallest absolute Gasteiger partial charge is 0.315 e. The number of carbonyl (C=O) groups excluding carboxylic acids is 1. The molecule has 0 unspecified atom stereocenters. The lowest BCUT2D eigenvalue weighted by atomic mass is 10.2. The van der Waals surface area contributed by atoms with Crippen LogP contribution >= 0.6 is 23.1 Å². The van der Waals surface area contributed by atoms with Gasteiger partial charge < -0.3 is 10.6 Å². The Morgan fingerprint density at radius 2 is 2.35 bits per heavy atom. The molecular formula is C14H23N3OS2. The van der Waals surface area contributed by atoms with Crippen molar-refractivity contribution in [3.05, 3.63) is 16.1 Å². The van der Waals surface area contributed by atoms with Crippen molar-refractivity contribution in [2.24, 2.45) is 11.8 Å². The molecule has 0 aromatic carbocycles. The van der Waals surface area contributed by atoms with E-state index in [0.717, 1.165) is 23.0 Å². The fourth-order valence-corrected chi connectivity index (χ4v) is 3.75. The van der Waals surface area contributed by atoms with Crippen molar-refractivity contribution >= 4 is 29.1 Å². The molecule has 1 saturated carbocycles. The van der Waals surface area contributed by atoms with Gasteiger partial charge in [-0.1, -0.05) is 6.92 Å². The molecule has 2 rings (SSSR count).